The van der Waals surface area contributed by atoms with Crippen LogP contribution in [0.2, 0.25) is 0 Å². The third-order valence-corrected chi connectivity index (χ3v) is 5.16. The van der Waals surface area contributed by atoms with Gasteiger partial charge < -0.3 is 10.6 Å². The molecule has 2 atom stereocenters. The molecule has 1 amide bonds. The first-order valence-corrected chi connectivity index (χ1v) is 9.52. The SMILES string of the molecule is O=C(N[C@@H]1C[C@H]1c1ccccc1)c1nc(C2CC2)cnc1Nc1cncnc1. The van der Waals surface area contributed by atoms with Crippen LogP contribution in [0.15, 0.2) is 55.2 Å². The number of nitrogens with zero attached hydrogens (tertiary/aromatic N) is 4. The van der Waals surface area contributed by atoms with E-state index >= 15 is 0 Å². The highest BCUT2D eigenvalue weighted by molar-refractivity contribution is 5.97. The molecule has 28 heavy (non-hydrogen) atoms. The highest BCUT2D eigenvalue weighted by atomic mass is 16.2. The smallest absolute Gasteiger partial charge is 0.273 e. The molecule has 2 saturated carbocycles. The topological polar surface area (TPSA) is 92.7 Å². The number of aromatic nitrogens is 4. The molecule has 0 radical (unpaired) electrons. The molecule has 7 nitrogen and oxygen atoms in total. The van der Waals surface area contributed by atoms with Crippen LogP contribution in [-0.2, 0) is 0 Å². The van der Waals surface area contributed by atoms with Gasteiger partial charge in [-0.25, -0.2) is 19.9 Å². The first kappa shape index (κ1) is 16.8. The number of hydrogen-bond donors (Lipinski definition) is 2. The molecular formula is C21H20N6O. The Labute approximate surface area is 162 Å². The van der Waals surface area contributed by atoms with Crippen LogP contribution in [0.25, 0.3) is 0 Å². The average molecular weight is 372 g/mol. The van der Waals surface area contributed by atoms with Crippen molar-refractivity contribution in [3.63, 3.8) is 0 Å². The van der Waals surface area contributed by atoms with E-state index in [1.54, 1.807) is 18.6 Å². The zero-order valence-electron chi connectivity index (χ0n) is 15.2. The first-order valence-electron chi connectivity index (χ1n) is 9.52. The summed E-state index contributed by atoms with van der Waals surface area (Å²) in [6, 6.07) is 10.4. The number of hydrogen-bond acceptors (Lipinski definition) is 6. The van der Waals surface area contributed by atoms with Gasteiger partial charge in [0.2, 0.25) is 0 Å². The number of carbonyl (C=O) groups is 1. The lowest BCUT2D eigenvalue weighted by Gasteiger charge is -2.12. The third kappa shape index (κ3) is 3.55. The maximum Gasteiger partial charge on any atom is 0.273 e. The van der Waals surface area contributed by atoms with Gasteiger partial charge in [0, 0.05) is 17.9 Å². The molecule has 0 bridgehead atoms. The fourth-order valence-electron chi connectivity index (χ4n) is 3.39. The van der Waals surface area contributed by atoms with Gasteiger partial charge in [-0.05, 0) is 24.8 Å². The molecule has 2 fully saturated rings. The van der Waals surface area contributed by atoms with E-state index in [4.69, 9.17) is 0 Å². The van der Waals surface area contributed by atoms with Gasteiger partial charge in [0.25, 0.3) is 5.91 Å². The standard InChI is InChI=1S/C21H20N6O/c28-21(27-17-8-16(17)13-4-2-1-3-5-13)19-20(25-15-9-22-12-23-10-15)24-11-18(26-19)14-6-7-14/h1-5,9-12,14,16-17H,6-8H2,(H,24,25)(H,27,28)/t16-,17+/m0/s1. The molecule has 7 heteroatoms. The van der Waals surface area contributed by atoms with Crippen LogP contribution in [0.3, 0.4) is 0 Å². The minimum absolute atomic E-state index is 0.134. The van der Waals surface area contributed by atoms with Crippen molar-refractivity contribution in [2.45, 2.75) is 37.1 Å². The van der Waals surface area contributed by atoms with Crippen molar-refractivity contribution in [3.05, 3.63) is 72.2 Å². The lowest BCUT2D eigenvalue weighted by Crippen LogP contribution is -2.28. The Bertz CT molecular complexity index is 990. The fraction of sp³-hybridized carbons (Fsp3) is 0.286. The van der Waals surface area contributed by atoms with E-state index in [0.717, 1.165) is 25.0 Å². The summed E-state index contributed by atoms with van der Waals surface area (Å²) in [6.45, 7) is 0. The summed E-state index contributed by atoms with van der Waals surface area (Å²) in [6.07, 6.45) is 9.64. The van der Waals surface area contributed by atoms with Crippen LogP contribution in [-0.4, -0.2) is 31.9 Å². The van der Waals surface area contributed by atoms with Crippen LogP contribution in [0.1, 0.15) is 52.8 Å². The van der Waals surface area contributed by atoms with Crippen LogP contribution in [0.5, 0.6) is 0 Å². The number of nitrogens with one attached hydrogen (secondary N) is 2. The van der Waals surface area contributed by atoms with E-state index in [9.17, 15) is 4.79 Å². The van der Waals surface area contributed by atoms with Gasteiger partial charge >= 0.3 is 0 Å². The quantitative estimate of drug-likeness (QED) is 0.690. The molecule has 0 spiro atoms. The minimum atomic E-state index is -0.196. The molecule has 0 saturated heterocycles. The molecule has 2 aromatic heterocycles. The Hall–Kier alpha value is -3.35. The number of carbonyl (C=O) groups excluding carboxylic acids is 1. The highest BCUT2D eigenvalue weighted by Gasteiger charge is 2.40. The zero-order valence-corrected chi connectivity index (χ0v) is 15.2. The van der Waals surface area contributed by atoms with E-state index < -0.39 is 0 Å². The van der Waals surface area contributed by atoms with E-state index in [0.29, 0.717) is 29.0 Å². The second-order valence-electron chi connectivity index (χ2n) is 7.35. The number of amides is 1. The number of rotatable bonds is 6. The van der Waals surface area contributed by atoms with E-state index in [1.807, 2.05) is 18.2 Å². The summed E-state index contributed by atoms with van der Waals surface area (Å²) in [5.41, 5.74) is 3.13. The summed E-state index contributed by atoms with van der Waals surface area (Å²) in [5, 5.41) is 6.24. The molecule has 1 aromatic carbocycles. The first-order chi connectivity index (χ1) is 13.8. The van der Waals surface area contributed by atoms with Crippen molar-refractivity contribution in [3.8, 4) is 0 Å². The third-order valence-electron chi connectivity index (χ3n) is 5.16. The Morgan fingerprint density at radius 3 is 2.57 bits per heavy atom. The van der Waals surface area contributed by atoms with Gasteiger partial charge in [-0.1, -0.05) is 30.3 Å². The van der Waals surface area contributed by atoms with Gasteiger partial charge in [-0.2, -0.15) is 0 Å². The van der Waals surface area contributed by atoms with Crippen molar-refractivity contribution in [1.82, 2.24) is 25.3 Å². The molecular weight excluding hydrogens is 352 g/mol. The van der Waals surface area contributed by atoms with Crippen molar-refractivity contribution < 1.29 is 4.79 Å². The molecule has 3 aromatic rings. The monoisotopic (exact) mass is 372 g/mol. The number of anilines is 2. The van der Waals surface area contributed by atoms with Gasteiger partial charge in [0.15, 0.2) is 11.5 Å². The average Bonchev–Trinajstić information content (AvgIpc) is 3.65. The fourth-order valence-corrected chi connectivity index (χ4v) is 3.39. The summed E-state index contributed by atoms with van der Waals surface area (Å²) in [4.78, 5) is 30.1. The van der Waals surface area contributed by atoms with Crippen molar-refractivity contribution in [1.29, 1.82) is 0 Å². The molecule has 0 unspecified atom stereocenters. The van der Waals surface area contributed by atoms with Gasteiger partial charge in [-0.3, -0.25) is 4.79 Å². The van der Waals surface area contributed by atoms with Gasteiger partial charge in [0.1, 0.15) is 6.33 Å². The van der Waals surface area contributed by atoms with Crippen LogP contribution in [0, 0.1) is 0 Å². The highest BCUT2D eigenvalue weighted by Crippen LogP contribution is 2.41. The van der Waals surface area contributed by atoms with Crippen LogP contribution < -0.4 is 10.6 Å². The molecule has 2 heterocycles. The summed E-state index contributed by atoms with van der Waals surface area (Å²) < 4.78 is 0. The molecule has 2 aliphatic rings. The summed E-state index contributed by atoms with van der Waals surface area (Å²) >= 11 is 0. The molecule has 5 rings (SSSR count). The van der Waals surface area contributed by atoms with Gasteiger partial charge in [0.05, 0.1) is 30.0 Å². The lowest BCUT2D eigenvalue weighted by molar-refractivity contribution is 0.0945. The Balaban J connectivity index is 1.36. The van der Waals surface area contributed by atoms with E-state index in [2.05, 4.69) is 42.7 Å². The minimum Gasteiger partial charge on any atom is -0.347 e. The Morgan fingerprint density at radius 2 is 1.82 bits per heavy atom. The Morgan fingerprint density at radius 1 is 1.04 bits per heavy atom. The predicted octanol–water partition coefficient (Wildman–Crippen LogP) is 3.17. The van der Waals surface area contributed by atoms with Crippen molar-refractivity contribution in [2.75, 3.05) is 5.32 Å². The maximum atomic E-state index is 13.0. The molecule has 140 valence electrons. The second kappa shape index (κ2) is 6.99. The predicted molar refractivity (Wildman–Crippen MR) is 104 cm³/mol. The summed E-state index contributed by atoms with van der Waals surface area (Å²) in [7, 11) is 0. The van der Waals surface area contributed by atoms with Crippen molar-refractivity contribution >= 4 is 17.4 Å². The molecule has 0 aliphatic heterocycles. The zero-order chi connectivity index (χ0) is 18.9. The van der Waals surface area contributed by atoms with E-state index in [-0.39, 0.29) is 11.9 Å². The Kier molecular flexibility index (Phi) is 4.20. The molecule has 2 aliphatic carbocycles. The number of benzene rings is 1. The summed E-state index contributed by atoms with van der Waals surface area (Å²) in [5.74, 6) is 1.01. The maximum absolute atomic E-state index is 13.0. The largest absolute Gasteiger partial charge is 0.347 e. The lowest BCUT2D eigenvalue weighted by atomic mass is 10.1. The van der Waals surface area contributed by atoms with Crippen LogP contribution in [0.4, 0.5) is 11.5 Å². The normalized spacial score (nSPS) is 20.4. The molecule has 2 N–H and O–H groups in total. The second-order valence-corrected chi connectivity index (χ2v) is 7.35. The van der Waals surface area contributed by atoms with Crippen LogP contribution >= 0.6 is 0 Å². The van der Waals surface area contributed by atoms with E-state index in [1.165, 1.54) is 11.9 Å². The van der Waals surface area contributed by atoms with Crippen molar-refractivity contribution in [2.24, 2.45) is 0 Å². The van der Waals surface area contributed by atoms with Gasteiger partial charge in [-0.15, -0.1) is 0 Å².